The highest BCUT2D eigenvalue weighted by atomic mass is 19.1. The summed E-state index contributed by atoms with van der Waals surface area (Å²) >= 11 is 0. The lowest BCUT2D eigenvalue weighted by atomic mass is 9.74. The van der Waals surface area contributed by atoms with Gasteiger partial charge < -0.3 is 0 Å². The zero-order chi connectivity index (χ0) is 16.1. The predicted octanol–water partition coefficient (Wildman–Crippen LogP) is 7.10. The molecule has 2 fully saturated rings. The van der Waals surface area contributed by atoms with Crippen LogP contribution in [0.3, 0.4) is 0 Å². The molecule has 128 valence electrons. The predicted molar refractivity (Wildman–Crippen MR) is 96.1 cm³/mol. The zero-order valence-corrected chi connectivity index (χ0v) is 14.8. The minimum absolute atomic E-state index is 0.111. The maximum absolute atomic E-state index is 13.0. The Kier molecular flexibility index (Phi) is 6.14. The summed E-state index contributed by atoms with van der Waals surface area (Å²) in [6.07, 6.45) is 15.6. The lowest BCUT2D eigenvalue weighted by molar-refractivity contribution is 0.227. The molecule has 1 aromatic carbocycles. The quantitative estimate of drug-likeness (QED) is 0.543. The molecular weight excluding hydrogens is 283 g/mol. The summed E-state index contributed by atoms with van der Waals surface area (Å²) in [5.41, 5.74) is 1.35. The molecule has 0 N–H and O–H groups in total. The molecule has 0 bridgehead atoms. The topological polar surface area (TPSA) is 0 Å². The van der Waals surface area contributed by atoms with Gasteiger partial charge in [-0.05, 0) is 67.1 Å². The summed E-state index contributed by atoms with van der Waals surface area (Å²) in [6.45, 7) is 2.35. The molecule has 0 aromatic heterocycles. The van der Waals surface area contributed by atoms with Gasteiger partial charge in [-0.1, -0.05) is 64.0 Å². The van der Waals surface area contributed by atoms with Crippen LogP contribution in [0, 0.1) is 23.6 Å². The van der Waals surface area contributed by atoms with Crippen LogP contribution in [0.4, 0.5) is 4.39 Å². The lowest BCUT2D eigenvalue weighted by Gasteiger charge is -2.32. The van der Waals surface area contributed by atoms with Crippen LogP contribution in [-0.4, -0.2) is 0 Å². The fourth-order valence-electron chi connectivity index (χ4n) is 4.92. The van der Waals surface area contributed by atoms with Gasteiger partial charge in [0.25, 0.3) is 0 Å². The highest BCUT2D eigenvalue weighted by Gasteiger charge is 2.24. The maximum Gasteiger partial charge on any atom is 0.123 e. The second-order valence-electron chi connectivity index (χ2n) is 8.14. The summed E-state index contributed by atoms with van der Waals surface area (Å²) in [7, 11) is 0. The third-order valence-electron chi connectivity index (χ3n) is 6.72. The average Bonchev–Trinajstić information content (AvgIpc) is 2.61. The standard InChI is InChI=1S/C22H33F/c1-2-17-3-5-18(6-4-17)7-8-19-9-11-20(12-10-19)21-13-15-22(23)16-14-21/h13-20H,2-12H2,1H3. The molecule has 0 spiro atoms. The third-order valence-corrected chi connectivity index (χ3v) is 6.72. The van der Waals surface area contributed by atoms with Crippen molar-refractivity contribution in [1.82, 2.24) is 0 Å². The summed E-state index contributed by atoms with van der Waals surface area (Å²) in [6, 6.07) is 7.22. The van der Waals surface area contributed by atoms with Crippen molar-refractivity contribution < 1.29 is 4.39 Å². The van der Waals surface area contributed by atoms with E-state index in [9.17, 15) is 4.39 Å². The second-order valence-corrected chi connectivity index (χ2v) is 8.14. The zero-order valence-electron chi connectivity index (χ0n) is 14.8. The SMILES string of the molecule is CCC1CCC(CCC2CCC(c3ccc(F)cc3)CC2)CC1. The van der Waals surface area contributed by atoms with E-state index in [2.05, 4.69) is 6.92 Å². The van der Waals surface area contributed by atoms with Crippen LogP contribution < -0.4 is 0 Å². The van der Waals surface area contributed by atoms with Gasteiger partial charge in [-0.3, -0.25) is 0 Å². The molecule has 2 saturated carbocycles. The Labute approximate surface area is 141 Å². The summed E-state index contributed by atoms with van der Waals surface area (Å²) < 4.78 is 13.0. The van der Waals surface area contributed by atoms with Crippen molar-refractivity contribution in [3.8, 4) is 0 Å². The molecule has 0 amide bonds. The molecule has 1 heteroatoms. The summed E-state index contributed by atoms with van der Waals surface area (Å²) in [5, 5.41) is 0. The minimum atomic E-state index is -0.111. The van der Waals surface area contributed by atoms with Gasteiger partial charge in [-0.25, -0.2) is 4.39 Å². The molecule has 2 aliphatic carbocycles. The van der Waals surface area contributed by atoms with Crippen molar-refractivity contribution in [3.63, 3.8) is 0 Å². The highest BCUT2D eigenvalue weighted by Crippen LogP contribution is 2.40. The van der Waals surface area contributed by atoms with Gasteiger partial charge in [0.1, 0.15) is 5.82 Å². The Balaban J connectivity index is 1.37. The number of benzene rings is 1. The Morgan fingerprint density at radius 2 is 1.22 bits per heavy atom. The van der Waals surface area contributed by atoms with E-state index in [1.54, 1.807) is 12.1 Å². The van der Waals surface area contributed by atoms with Crippen molar-refractivity contribution >= 4 is 0 Å². The first-order valence-corrected chi connectivity index (χ1v) is 10.00. The van der Waals surface area contributed by atoms with Gasteiger partial charge in [0, 0.05) is 0 Å². The van der Waals surface area contributed by atoms with E-state index in [0.29, 0.717) is 5.92 Å². The Bertz CT molecular complexity index is 447. The smallest absolute Gasteiger partial charge is 0.123 e. The molecule has 0 saturated heterocycles. The highest BCUT2D eigenvalue weighted by molar-refractivity contribution is 5.20. The van der Waals surface area contributed by atoms with Gasteiger partial charge >= 0.3 is 0 Å². The van der Waals surface area contributed by atoms with E-state index in [1.165, 1.54) is 76.2 Å². The number of hydrogen-bond acceptors (Lipinski definition) is 0. The Morgan fingerprint density at radius 3 is 1.74 bits per heavy atom. The van der Waals surface area contributed by atoms with Crippen LogP contribution in [0.15, 0.2) is 24.3 Å². The molecule has 1 aromatic rings. The fourth-order valence-corrected chi connectivity index (χ4v) is 4.92. The second kappa shape index (κ2) is 8.31. The van der Waals surface area contributed by atoms with E-state index >= 15 is 0 Å². The number of rotatable bonds is 5. The molecule has 0 unspecified atom stereocenters. The number of hydrogen-bond donors (Lipinski definition) is 0. The monoisotopic (exact) mass is 316 g/mol. The van der Waals surface area contributed by atoms with Crippen molar-refractivity contribution in [2.45, 2.75) is 83.5 Å². The Morgan fingerprint density at radius 1 is 0.739 bits per heavy atom. The molecule has 3 rings (SSSR count). The fraction of sp³-hybridized carbons (Fsp3) is 0.727. The summed E-state index contributed by atoms with van der Waals surface area (Å²) in [4.78, 5) is 0. The first kappa shape index (κ1) is 17.0. The van der Waals surface area contributed by atoms with E-state index in [1.807, 2.05) is 12.1 Å². The van der Waals surface area contributed by atoms with Crippen LogP contribution in [-0.2, 0) is 0 Å². The average molecular weight is 317 g/mol. The van der Waals surface area contributed by atoms with Crippen LogP contribution in [0.1, 0.15) is 89.0 Å². The van der Waals surface area contributed by atoms with Crippen LogP contribution in [0.5, 0.6) is 0 Å². The lowest BCUT2D eigenvalue weighted by Crippen LogP contribution is -2.17. The summed E-state index contributed by atoms with van der Waals surface area (Å²) in [5.74, 6) is 3.56. The van der Waals surface area contributed by atoms with E-state index in [-0.39, 0.29) is 5.82 Å². The maximum atomic E-state index is 13.0. The molecule has 0 aliphatic heterocycles. The number of halogens is 1. The van der Waals surface area contributed by atoms with Crippen molar-refractivity contribution in [1.29, 1.82) is 0 Å². The Hall–Kier alpha value is -0.850. The molecule has 0 heterocycles. The third kappa shape index (κ3) is 4.81. The van der Waals surface area contributed by atoms with Gasteiger partial charge in [-0.2, -0.15) is 0 Å². The van der Waals surface area contributed by atoms with Crippen LogP contribution in [0.2, 0.25) is 0 Å². The van der Waals surface area contributed by atoms with Crippen molar-refractivity contribution in [2.24, 2.45) is 17.8 Å². The van der Waals surface area contributed by atoms with Crippen LogP contribution in [0.25, 0.3) is 0 Å². The van der Waals surface area contributed by atoms with Crippen LogP contribution >= 0.6 is 0 Å². The molecule has 0 nitrogen and oxygen atoms in total. The molecule has 0 atom stereocenters. The van der Waals surface area contributed by atoms with Gasteiger partial charge in [0.05, 0.1) is 0 Å². The molecular formula is C22H33F. The molecule has 0 radical (unpaired) electrons. The first-order chi connectivity index (χ1) is 11.2. The van der Waals surface area contributed by atoms with Crippen molar-refractivity contribution in [3.05, 3.63) is 35.6 Å². The molecule has 2 aliphatic rings. The van der Waals surface area contributed by atoms with E-state index in [4.69, 9.17) is 0 Å². The normalized spacial score (nSPS) is 31.9. The van der Waals surface area contributed by atoms with E-state index < -0.39 is 0 Å². The van der Waals surface area contributed by atoms with Gasteiger partial charge in [0.15, 0.2) is 0 Å². The first-order valence-electron chi connectivity index (χ1n) is 10.00. The van der Waals surface area contributed by atoms with E-state index in [0.717, 1.165) is 17.8 Å². The largest absolute Gasteiger partial charge is 0.207 e. The minimum Gasteiger partial charge on any atom is -0.207 e. The molecule has 23 heavy (non-hydrogen) atoms. The van der Waals surface area contributed by atoms with Gasteiger partial charge in [-0.15, -0.1) is 0 Å². The van der Waals surface area contributed by atoms with Gasteiger partial charge in [0.2, 0.25) is 0 Å². The van der Waals surface area contributed by atoms with Crippen molar-refractivity contribution in [2.75, 3.05) is 0 Å².